The Balaban J connectivity index is 1.66. The van der Waals surface area contributed by atoms with Crippen LogP contribution in [0.5, 0.6) is 0 Å². The van der Waals surface area contributed by atoms with Crippen LogP contribution in [0.15, 0.2) is 12.4 Å². The zero-order valence-corrected chi connectivity index (χ0v) is 12.0. The molecule has 104 valence electrons. The van der Waals surface area contributed by atoms with Crippen LogP contribution in [0, 0.1) is 5.92 Å². The lowest BCUT2D eigenvalue weighted by molar-refractivity contribution is 0.252. The highest BCUT2D eigenvalue weighted by Gasteiger charge is 2.24. The van der Waals surface area contributed by atoms with E-state index in [4.69, 9.17) is 0 Å². The van der Waals surface area contributed by atoms with Crippen LogP contribution in [-0.4, -0.2) is 48.1 Å². The molecule has 2 heterocycles. The molecule has 1 aliphatic heterocycles. The van der Waals surface area contributed by atoms with Gasteiger partial charge in [0.05, 0.1) is 0 Å². The molecule has 2 aliphatic rings. The Bertz CT molecular complexity index is 422. The maximum Gasteiger partial charge on any atom is 0.132 e. The zero-order chi connectivity index (χ0) is 13.2. The maximum atomic E-state index is 4.46. The summed E-state index contributed by atoms with van der Waals surface area (Å²) in [6.45, 7) is 2.38. The van der Waals surface area contributed by atoms with Crippen molar-refractivity contribution < 1.29 is 0 Å². The van der Waals surface area contributed by atoms with Crippen molar-refractivity contribution in [3.8, 4) is 0 Å². The topological polar surface area (TPSA) is 32.3 Å². The lowest BCUT2D eigenvalue weighted by atomic mass is 10.0. The molecule has 0 atom stereocenters. The molecule has 2 fully saturated rings. The van der Waals surface area contributed by atoms with Gasteiger partial charge in [0.1, 0.15) is 12.1 Å². The van der Waals surface area contributed by atoms with Crippen LogP contribution in [-0.2, 0) is 6.42 Å². The van der Waals surface area contributed by atoms with Crippen LogP contribution >= 0.6 is 0 Å². The fourth-order valence-electron chi connectivity index (χ4n) is 2.88. The summed E-state index contributed by atoms with van der Waals surface area (Å²) < 4.78 is 0. The van der Waals surface area contributed by atoms with Gasteiger partial charge in [0.2, 0.25) is 0 Å². The minimum Gasteiger partial charge on any atom is -0.356 e. The first kappa shape index (κ1) is 12.9. The average Bonchev–Trinajstić information content (AvgIpc) is 3.23. The van der Waals surface area contributed by atoms with E-state index in [1.807, 2.05) is 0 Å². The van der Waals surface area contributed by atoms with Crippen LogP contribution in [0.3, 0.4) is 0 Å². The van der Waals surface area contributed by atoms with Gasteiger partial charge in [-0.1, -0.05) is 0 Å². The molecule has 0 radical (unpaired) electrons. The molecule has 0 N–H and O–H groups in total. The summed E-state index contributed by atoms with van der Waals surface area (Å²) in [5.74, 6) is 1.98. The van der Waals surface area contributed by atoms with E-state index in [2.05, 4.69) is 39.9 Å². The quantitative estimate of drug-likeness (QED) is 0.828. The highest BCUT2D eigenvalue weighted by atomic mass is 15.2. The number of anilines is 1. The van der Waals surface area contributed by atoms with Crippen molar-refractivity contribution in [1.29, 1.82) is 0 Å². The first-order chi connectivity index (χ1) is 9.22. The van der Waals surface area contributed by atoms with Gasteiger partial charge >= 0.3 is 0 Å². The molecular weight excluding hydrogens is 236 g/mol. The summed E-state index contributed by atoms with van der Waals surface area (Å²) in [6, 6.07) is 2.82. The molecule has 0 spiro atoms. The van der Waals surface area contributed by atoms with Crippen LogP contribution in [0.25, 0.3) is 0 Å². The SMILES string of the molecule is CN1CCC(N(C)c2cc(CC3CC3)ncn2)CC1. The third-order valence-corrected chi connectivity index (χ3v) is 4.50. The Hall–Kier alpha value is -1.16. The van der Waals surface area contributed by atoms with Gasteiger partial charge < -0.3 is 9.80 Å². The molecule has 4 heteroatoms. The molecule has 19 heavy (non-hydrogen) atoms. The van der Waals surface area contributed by atoms with Gasteiger partial charge in [-0.3, -0.25) is 0 Å². The van der Waals surface area contributed by atoms with E-state index in [-0.39, 0.29) is 0 Å². The molecule has 1 saturated heterocycles. The van der Waals surface area contributed by atoms with Gasteiger partial charge in [-0.25, -0.2) is 9.97 Å². The summed E-state index contributed by atoms with van der Waals surface area (Å²) in [4.78, 5) is 13.6. The van der Waals surface area contributed by atoms with E-state index >= 15 is 0 Å². The average molecular weight is 260 g/mol. The summed E-state index contributed by atoms with van der Waals surface area (Å²) in [7, 11) is 4.38. The number of likely N-dealkylation sites (tertiary alicyclic amines) is 1. The second-order valence-electron chi connectivity index (χ2n) is 6.16. The van der Waals surface area contributed by atoms with Gasteiger partial charge in [0.25, 0.3) is 0 Å². The predicted octanol–water partition coefficient (Wildman–Crippen LogP) is 1.96. The number of rotatable bonds is 4. The Morgan fingerprint density at radius 3 is 2.63 bits per heavy atom. The van der Waals surface area contributed by atoms with Gasteiger partial charge in [-0.05, 0) is 58.2 Å². The predicted molar refractivity (Wildman–Crippen MR) is 77.4 cm³/mol. The van der Waals surface area contributed by atoms with Gasteiger partial charge in [0.15, 0.2) is 0 Å². The lowest BCUT2D eigenvalue weighted by Gasteiger charge is -2.35. The van der Waals surface area contributed by atoms with E-state index in [1.54, 1.807) is 6.33 Å². The molecule has 1 aromatic rings. The summed E-state index contributed by atoms with van der Waals surface area (Å²) in [6.07, 6.45) is 8.09. The Morgan fingerprint density at radius 2 is 1.95 bits per heavy atom. The van der Waals surface area contributed by atoms with Gasteiger partial charge in [0, 0.05) is 24.8 Å². The number of hydrogen-bond acceptors (Lipinski definition) is 4. The monoisotopic (exact) mass is 260 g/mol. The number of hydrogen-bond donors (Lipinski definition) is 0. The van der Waals surface area contributed by atoms with Gasteiger partial charge in [-0.2, -0.15) is 0 Å². The van der Waals surface area contributed by atoms with Crippen molar-refractivity contribution in [3.63, 3.8) is 0 Å². The van der Waals surface area contributed by atoms with Crippen molar-refractivity contribution in [2.45, 2.75) is 38.1 Å². The van der Waals surface area contributed by atoms with E-state index in [9.17, 15) is 0 Å². The Morgan fingerprint density at radius 1 is 1.21 bits per heavy atom. The van der Waals surface area contributed by atoms with E-state index in [1.165, 1.54) is 44.5 Å². The highest BCUT2D eigenvalue weighted by molar-refractivity contribution is 5.39. The fourth-order valence-corrected chi connectivity index (χ4v) is 2.88. The standard InChI is InChI=1S/C15H24N4/c1-18-7-5-14(6-8-18)19(2)15-10-13(16-11-17-15)9-12-3-4-12/h10-12,14H,3-9H2,1-2H3. The molecule has 1 aromatic heterocycles. The van der Waals surface area contributed by atoms with Crippen LogP contribution < -0.4 is 4.90 Å². The zero-order valence-electron chi connectivity index (χ0n) is 12.0. The molecule has 0 aromatic carbocycles. The summed E-state index contributed by atoms with van der Waals surface area (Å²) >= 11 is 0. The summed E-state index contributed by atoms with van der Waals surface area (Å²) in [5, 5.41) is 0. The van der Waals surface area contributed by atoms with Crippen molar-refractivity contribution in [2.24, 2.45) is 5.92 Å². The molecule has 1 saturated carbocycles. The van der Waals surface area contributed by atoms with Gasteiger partial charge in [-0.15, -0.1) is 0 Å². The maximum absolute atomic E-state index is 4.46. The third-order valence-electron chi connectivity index (χ3n) is 4.50. The van der Waals surface area contributed by atoms with Crippen molar-refractivity contribution >= 4 is 5.82 Å². The Labute approximate surface area is 115 Å². The fraction of sp³-hybridized carbons (Fsp3) is 0.733. The largest absolute Gasteiger partial charge is 0.356 e. The van der Waals surface area contributed by atoms with Crippen molar-refractivity contribution in [1.82, 2.24) is 14.9 Å². The second kappa shape index (κ2) is 5.45. The minimum absolute atomic E-state index is 0.625. The number of aromatic nitrogens is 2. The first-order valence-electron chi connectivity index (χ1n) is 7.44. The molecule has 4 nitrogen and oxygen atoms in total. The number of piperidine rings is 1. The molecule has 0 bridgehead atoms. The van der Waals surface area contributed by atoms with Crippen LogP contribution in [0.2, 0.25) is 0 Å². The smallest absolute Gasteiger partial charge is 0.132 e. The molecule has 3 rings (SSSR count). The van der Waals surface area contributed by atoms with Crippen LogP contribution in [0.1, 0.15) is 31.4 Å². The first-order valence-corrected chi connectivity index (χ1v) is 7.44. The second-order valence-corrected chi connectivity index (χ2v) is 6.16. The van der Waals surface area contributed by atoms with Crippen molar-refractivity contribution in [2.75, 3.05) is 32.1 Å². The van der Waals surface area contributed by atoms with Crippen molar-refractivity contribution in [3.05, 3.63) is 18.1 Å². The highest BCUT2D eigenvalue weighted by Crippen LogP contribution is 2.32. The third kappa shape index (κ3) is 3.24. The van der Waals surface area contributed by atoms with E-state index in [0.29, 0.717) is 6.04 Å². The van der Waals surface area contributed by atoms with E-state index < -0.39 is 0 Å². The summed E-state index contributed by atoms with van der Waals surface area (Å²) in [5.41, 5.74) is 1.22. The molecule has 0 unspecified atom stereocenters. The molecular formula is C15H24N4. The lowest BCUT2D eigenvalue weighted by Crippen LogP contribution is -2.42. The minimum atomic E-state index is 0.625. The normalized spacial score (nSPS) is 21.6. The van der Waals surface area contributed by atoms with Crippen LogP contribution in [0.4, 0.5) is 5.82 Å². The van der Waals surface area contributed by atoms with E-state index in [0.717, 1.165) is 18.2 Å². The molecule has 1 aliphatic carbocycles. The molecule has 0 amide bonds. The Kier molecular flexibility index (Phi) is 3.69. The number of nitrogens with zero attached hydrogens (tertiary/aromatic N) is 4.